The van der Waals surface area contributed by atoms with Gasteiger partial charge in [-0.05, 0) is 44.1 Å². The van der Waals surface area contributed by atoms with Crippen LogP contribution >= 0.6 is 12.2 Å². The molecule has 1 aliphatic heterocycles. The quantitative estimate of drug-likeness (QED) is 0.640. The number of furan rings is 1. The van der Waals surface area contributed by atoms with Crippen LogP contribution in [0.4, 0.5) is 0 Å². The first-order chi connectivity index (χ1) is 8.15. The standard InChI is InChI=1S/C12H12N2O2S/c1-7-2-5-9(16-7)6-10-11(15)14(8-3-4-8)12(17)13-10/h2,5-6,8H,3-4H2,1H3,(H,13,17)/b10-6+. The lowest BCUT2D eigenvalue weighted by atomic mass is 10.3. The number of aryl methyl sites for hydroxylation is 1. The minimum Gasteiger partial charge on any atom is -0.462 e. The van der Waals surface area contributed by atoms with Gasteiger partial charge < -0.3 is 9.73 Å². The summed E-state index contributed by atoms with van der Waals surface area (Å²) in [5.74, 6) is 1.44. The van der Waals surface area contributed by atoms with E-state index in [-0.39, 0.29) is 5.91 Å². The first kappa shape index (κ1) is 10.5. The smallest absolute Gasteiger partial charge is 0.276 e. The van der Waals surface area contributed by atoms with Gasteiger partial charge in [-0.2, -0.15) is 0 Å². The molecule has 1 aromatic heterocycles. The highest BCUT2D eigenvalue weighted by Gasteiger charge is 2.41. The number of rotatable bonds is 2. The largest absolute Gasteiger partial charge is 0.462 e. The second-order valence-corrected chi connectivity index (χ2v) is 4.73. The average molecular weight is 248 g/mol. The topological polar surface area (TPSA) is 45.5 Å². The predicted octanol–water partition coefficient (Wildman–Crippen LogP) is 1.81. The Morgan fingerprint density at radius 2 is 2.29 bits per heavy atom. The molecule has 0 aromatic carbocycles. The zero-order valence-electron chi connectivity index (χ0n) is 9.40. The first-order valence-corrected chi connectivity index (χ1v) is 5.98. The number of hydrogen-bond acceptors (Lipinski definition) is 3. The molecular weight excluding hydrogens is 236 g/mol. The minimum atomic E-state index is -0.0495. The Morgan fingerprint density at radius 1 is 1.53 bits per heavy atom. The maximum atomic E-state index is 12.1. The zero-order valence-corrected chi connectivity index (χ0v) is 10.2. The van der Waals surface area contributed by atoms with Gasteiger partial charge in [-0.15, -0.1) is 0 Å². The lowest BCUT2D eigenvalue weighted by Crippen LogP contribution is -2.32. The Balaban J connectivity index is 1.87. The van der Waals surface area contributed by atoms with Crippen molar-refractivity contribution in [3.05, 3.63) is 29.4 Å². The summed E-state index contributed by atoms with van der Waals surface area (Å²) < 4.78 is 5.41. The normalized spacial score (nSPS) is 22.4. The van der Waals surface area contributed by atoms with E-state index in [2.05, 4.69) is 5.32 Å². The van der Waals surface area contributed by atoms with Crippen LogP contribution in [0.5, 0.6) is 0 Å². The van der Waals surface area contributed by atoms with Crippen molar-refractivity contribution in [3.63, 3.8) is 0 Å². The molecule has 0 unspecified atom stereocenters. The van der Waals surface area contributed by atoms with Gasteiger partial charge in [0, 0.05) is 12.1 Å². The molecule has 0 radical (unpaired) electrons. The molecule has 1 aromatic rings. The monoisotopic (exact) mass is 248 g/mol. The van der Waals surface area contributed by atoms with Crippen molar-refractivity contribution >= 4 is 29.3 Å². The van der Waals surface area contributed by atoms with Gasteiger partial charge in [0.2, 0.25) is 0 Å². The number of carbonyl (C=O) groups is 1. The Bertz CT molecular complexity index is 528. The third-order valence-electron chi connectivity index (χ3n) is 2.87. The summed E-state index contributed by atoms with van der Waals surface area (Å²) in [6, 6.07) is 4.00. The number of amides is 1. The Morgan fingerprint density at radius 3 is 2.88 bits per heavy atom. The van der Waals surface area contributed by atoms with Crippen LogP contribution in [0.15, 0.2) is 22.2 Å². The molecular formula is C12H12N2O2S. The van der Waals surface area contributed by atoms with Gasteiger partial charge in [0.25, 0.3) is 5.91 Å². The highest BCUT2D eigenvalue weighted by Crippen LogP contribution is 2.30. The van der Waals surface area contributed by atoms with Gasteiger partial charge in [0.1, 0.15) is 17.2 Å². The van der Waals surface area contributed by atoms with Crippen LogP contribution in [0.2, 0.25) is 0 Å². The summed E-state index contributed by atoms with van der Waals surface area (Å²) in [6.45, 7) is 1.87. The molecule has 2 heterocycles. The van der Waals surface area contributed by atoms with Crippen LogP contribution in [0.1, 0.15) is 24.4 Å². The molecule has 2 aliphatic rings. The number of carbonyl (C=O) groups excluding carboxylic acids is 1. The molecule has 3 rings (SSSR count). The molecule has 2 fully saturated rings. The maximum absolute atomic E-state index is 12.1. The number of hydrogen-bond donors (Lipinski definition) is 1. The van der Waals surface area contributed by atoms with Crippen LogP contribution in [0.25, 0.3) is 6.08 Å². The molecule has 1 N–H and O–H groups in total. The van der Waals surface area contributed by atoms with E-state index >= 15 is 0 Å². The van der Waals surface area contributed by atoms with Gasteiger partial charge >= 0.3 is 0 Å². The van der Waals surface area contributed by atoms with E-state index in [0.29, 0.717) is 22.6 Å². The van der Waals surface area contributed by atoms with Crippen molar-refractivity contribution in [2.24, 2.45) is 0 Å². The van der Waals surface area contributed by atoms with E-state index in [9.17, 15) is 4.79 Å². The number of nitrogens with zero attached hydrogens (tertiary/aromatic N) is 1. The third kappa shape index (κ3) is 1.86. The molecule has 0 atom stereocenters. The Kier molecular flexibility index (Phi) is 2.29. The fourth-order valence-corrected chi connectivity index (χ4v) is 2.23. The molecule has 1 amide bonds. The van der Waals surface area contributed by atoms with E-state index in [4.69, 9.17) is 16.6 Å². The van der Waals surface area contributed by atoms with Crippen molar-refractivity contribution in [1.82, 2.24) is 10.2 Å². The zero-order chi connectivity index (χ0) is 12.0. The number of thiocarbonyl (C=S) groups is 1. The fourth-order valence-electron chi connectivity index (χ4n) is 1.89. The van der Waals surface area contributed by atoms with Crippen molar-refractivity contribution < 1.29 is 9.21 Å². The van der Waals surface area contributed by atoms with Gasteiger partial charge in [0.15, 0.2) is 5.11 Å². The van der Waals surface area contributed by atoms with Crippen molar-refractivity contribution in [1.29, 1.82) is 0 Å². The van der Waals surface area contributed by atoms with Crippen molar-refractivity contribution in [2.75, 3.05) is 0 Å². The van der Waals surface area contributed by atoms with E-state index in [1.807, 2.05) is 19.1 Å². The molecule has 4 nitrogen and oxygen atoms in total. The fraction of sp³-hybridized carbons (Fsp3) is 0.333. The lowest BCUT2D eigenvalue weighted by Gasteiger charge is -2.11. The Labute approximate surface area is 104 Å². The van der Waals surface area contributed by atoms with Crippen LogP contribution < -0.4 is 5.32 Å². The summed E-state index contributed by atoms with van der Waals surface area (Å²) in [6.07, 6.45) is 3.78. The van der Waals surface area contributed by atoms with E-state index in [1.165, 1.54) is 0 Å². The second kappa shape index (κ2) is 3.70. The summed E-state index contributed by atoms with van der Waals surface area (Å²) in [5.41, 5.74) is 0.497. The highest BCUT2D eigenvalue weighted by molar-refractivity contribution is 7.80. The van der Waals surface area contributed by atoms with Gasteiger partial charge in [-0.25, -0.2) is 0 Å². The van der Waals surface area contributed by atoms with E-state index < -0.39 is 0 Å². The molecule has 17 heavy (non-hydrogen) atoms. The molecule has 0 bridgehead atoms. The molecule has 1 saturated carbocycles. The van der Waals surface area contributed by atoms with Crippen molar-refractivity contribution in [3.8, 4) is 0 Å². The van der Waals surface area contributed by atoms with E-state index in [1.54, 1.807) is 11.0 Å². The number of nitrogens with one attached hydrogen (secondary N) is 1. The maximum Gasteiger partial charge on any atom is 0.276 e. The van der Waals surface area contributed by atoms with Crippen LogP contribution in [-0.4, -0.2) is 22.0 Å². The second-order valence-electron chi connectivity index (χ2n) is 4.34. The lowest BCUT2D eigenvalue weighted by molar-refractivity contribution is -0.122. The van der Waals surface area contributed by atoms with Gasteiger partial charge in [0.05, 0.1) is 0 Å². The first-order valence-electron chi connectivity index (χ1n) is 5.58. The predicted molar refractivity (Wildman–Crippen MR) is 67.0 cm³/mol. The SMILES string of the molecule is Cc1ccc(/C=C2/NC(=S)N(C3CC3)C2=O)o1. The molecule has 0 spiro atoms. The summed E-state index contributed by atoms with van der Waals surface area (Å²) in [4.78, 5) is 13.7. The molecule has 5 heteroatoms. The Hall–Kier alpha value is -1.62. The molecule has 88 valence electrons. The van der Waals surface area contributed by atoms with Crippen LogP contribution in [0.3, 0.4) is 0 Å². The third-order valence-corrected chi connectivity index (χ3v) is 3.17. The average Bonchev–Trinajstić information content (AvgIpc) is 2.96. The highest BCUT2D eigenvalue weighted by atomic mass is 32.1. The van der Waals surface area contributed by atoms with Crippen LogP contribution in [0, 0.1) is 6.92 Å². The summed E-state index contributed by atoms with van der Waals surface area (Å²) in [5, 5.41) is 3.45. The summed E-state index contributed by atoms with van der Waals surface area (Å²) in [7, 11) is 0. The van der Waals surface area contributed by atoms with Crippen molar-refractivity contribution in [2.45, 2.75) is 25.8 Å². The van der Waals surface area contributed by atoms with Crippen LogP contribution in [-0.2, 0) is 4.79 Å². The van der Waals surface area contributed by atoms with E-state index in [0.717, 1.165) is 18.6 Å². The molecule has 1 aliphatic carbocycles. The minimum absolute atomic E-state index is 0.0495. The van der Waals surface area contributed by atoms with Gasteiger partial charge in [-0.3, -0.25) is 9.69 Å². The summed E-state index contributed by atoms with van der Waals surface area (Å²) >= 11 is 5.15. The van der Waals surface area contributed by atoms with Gasteiger partial charge in [-0.1, -0.05) is 0 Å². The molecule has 1 saturated heterocycles.